The van der Waals surface area contributed by atoms with E-state index in [1.165, 1.54) is 62.0 Å². The first-order valence-corrected chi connectivity index (χ1v) is 8.71. The molecule has 1 nitrogen and oxygen atoms in total. The monoisotopic (exact) mass is 293 g/mol. The van der Waals surface area contributed by atoms with Gasteiger partial charge in [-0.05, 0) is 61.5 Å². The van der Waals surface area contributed by atoms with Crippen molar-refractivity contribution in [3.05, 3.63) is 60.2 Å². The summed E-state index contributed by atoms with van der Waals surface area (Å²) in [6.45, 7) is 6.22. The maximum atomic E-state index is 2.64. The number of piperidine rings is 1. The first-order valence-electron chi connectivity index (χ1n) is 8.71. The number of likely N-dealkylation sites (tertiary alicyclic amines) is 1. The largest absolute Gasteiger partial charge is 0.303 e. The molecule has 2 aromatic carbocycles. The minimum absolute atomic E-state index is 0.645. The van der Waals surface area contributed by atoms with Gasteiger partial charge < -0.3 is 4.90 Å². The van der Waals surface area contributed by atoms with E-state index in [0.717, 1.165) is 0 Å². The quantitative estimate of drug-likeness (QED) is 0.720. The highest BCUT2D eigenvalue weighted by Gasteiger charge is 2.12. The van der Waals surface area contributed by atoms with Crippen molar-refractivity contribution in [2.75, 3.05) is 19.6 Å². The summed E-state index contributed by atoms with van der Waals surface area (Å²) < 4.78 is 0. The third-order valence-corrected chi connectivity index (χ3v) is 4.91. The average molecular weight is 293 g/mol. The first kappa shape index (κ1) is 15.3. The molecule has 0 saturated carbocycles. The molecule has 1 aliphatic rings. The Kier molecular flexibility index (Phi) is 5.29. The van der Waals surface area contributed by atoms with Crippen LogP contribution in [-0.2, 0) is 0 Å². The molecule has 3 rings (SSSR count). The second-order valence-electron chi connectivity index (χ2n) is 6.58. The van der Waals surface area contributed by atoms with Crippen molar-refractivity contribution >= 4 is 0 Å². The summed E-state index contributed by atoms with van der Waals surface area (Å²) in [5, 5.41) is 0. The second-order valence-corrected chi connectivity index (χ2v) is 6.58. The molecule has 1 aliphatic heterocycles. The Balaban J connectivity index is 1.57. The van der Waals surface area contributed by atoms with E-state index in [9.17, 15) is 0 Å². The van der Waals surface area contributed by atoms with Crippen molar-refractivity contribution in [3.63, 3.8) is 0 Å². The predicted octanol–water partition coefficient (Wildman–Crippen LogP) is 5.33. The fourth-order valence-corrected chi connectivity index (χ4v) is 3.36. The molecule has 0 aliphatic carbocycles. The third kappa shape index (κ3) is 3.98. The minimum atomic E-state index is 0.645. The Labute approximate surface area is 135 Å². The number of rotatable bonds is 5. The summed E-state index contributed by atoms with van der Waals surface area (Å²) in [6, 6.07) is 19.8. The van der Waals surface area contributed by atoms with Crippen LogP contribution in [0.1, 0.15) is 44.1 Å². The fourth-order valence-electron chi connectivity index (χ4n) is 3.36. The normalized spacial score (nSPS) is 17.3. The number of nitrogens with zero attached hydrogens (tertiary/aromatic N) is 1. The van der Waals surface area contributed by atoms with Crippen LogP contribution in [-0.4, -0.2) is 24.5 Å². The van der Waals surface area contributed by atoms with Gasteiger partial charge in [0.2, 0.25) is 0 Å². The lowest BCUT2D eigenvalue weighted by Crippen LogP contribution is -2.31. The van der Waals surface area contributed by atoms with Crippen LogP contribution in [0.3, 0.4) is 0 Å². The van der Waals surface area contributed by atoms with Crippen molar-refractivity contribution in [2.24, 2.45) is 0 Å². The standard InChI is InChI=1S/C21H27N/c1-18(14-17-22-15-6-3-7-16-22)19-10-12-21(13-11-19)20-8-4-2-5-9-20/h2,4-5,8-13,18H,3,6-7,14-17H2,1H3/t18-/m1/s1. The molecule has 1 saturated heterocycles. The molecular weight excluding hydrogens is 266 g/mol. The van der Waals surface area contributed by atoms with Gasteiger partial charge in [-0.3, -0.25) is 0 Å². The molecule has 22 heavy (non-hydrogen) atoms. The maximum Gasteiger partial charge on any atom is -0.00130 e. The Hall–Kier alpha value is -1.60. The number of hydrogen-bond donors (Lipinski definition) is 0. The Morgan fingerprint density at radius 2 is 1.45 bits per heavy atom. The number of benzene rings is 2. The van der Waals surface area contributed by atoms with E-state index in [1.807, 2.05) is 0 Å². The zero-order chi connectivity index (χ0) is 15.2. The molecule has 0 bridgehead atoms. The van der Waals surface area contributed by atoms with Gasteiger partial charge in [-0.15, -0.1) is 0 Å². The fraction of sp³-hybridized carbons (Fsp3) is 0.429. The van der Waals surface area contributed by atoms with Crippen LogP contribution in [0.15, 0.2) is 54.6 Å². The number of hydrogen-bond acceptors (Lipinski definition) is 1. The van der Waals surface area contributed by atoms with Crippen molar-refractivity contribution in [3.8, 4) is 11.1 Å². The topological polar surface area (TPSA) is 3.24 Å². The van der Waals surface area contributed by atoms with Crippen LogP contribution in [0.25, 0.3) is 11.1 Å². The van der Waals surface area contributed by atoms with Crippen molar-refractivity contribution in [1.29, 1.82) is 0 Å². The van der Waals surface area contributed by atoms with Crippen LogP contribution in [0.5, 0.6) is 0 Å². The highest BCUT2D eigenvalue weighted by molar-refractivity contribution is 5.63. The van der Waals surface area contributed by atoms with Crippen LogP contribution < -0.4 is 0 Å². The van der Waals surface area contributed by atoms with Gasteiger partial charge in [-0.1, -0.05) is 67.9 Å². The summed E-state index contributed by atoms with van der Waals surface area (Å²) >= 11 is 0. The maximum absolute atomic E-state index is 2.64. The minimum Gasteiger partial charge on any atom is -0.303 e. The molecule has 0 aromatic heterocycles. The summed E-state index contributed by atoms with van der Waals surface area (Å²) in [5.41, 5.74) is 4.08. The Morgan fingerprint density at radius 3 is 2.14 bits per heavy atom. The lowest BCUT2D eigenvalue weighted by Gasteiger charge is -2.27. The van der Waals surface area contributed by atoms with Crippen molar-refractivity contribution < 1.29 is 0 Å². The van der Waals surface area contributed by atoms with E-state index in [4.69, 9.17) is 0 Å². The van der Waals surface area contributed by atoms with E-state index in [0.29, 0.717) is 5.92 Å². The molecule has 0 amide bonds. The van der Waals surface area contributed by atoms with Gasteiger partial charge in [0.15, 0.2) is 0 Å². The molecule has 0 radical (unpaired) electrons. The SMILES string of the molecule is C[C@H](CCN1CCCCC1)c1ccc(-c2ccccc2)cc1. The van der Waals surface area contributed by atoms with E-state index in [1.54, 1.807) is 0 Å². The summed E-state index contributed by atoms with van der Waals surface area (Å²) in [4.78, 5) is 2.64. The van der Waals surface area contributed by atoms with Crippen molar-refractivity contribution in [1.82, 2.24) is 4.90 Å². The third-order valence-electron chi connectivity index (χ3n) is 4.91. The van der Waals surface area contributed by atoms with E-state index in [2.05, 4.69) is 66.4 Å². The molecule has 0 spiro atoms. The van der Waals surface area contributed by atoms with E-state index < -0.39 is 0 Å². The highest BCUT2D eigenvalue weighted by atomic mass is 15.1. The molecule has 1 atom stereocenters. The Morgan fingerprint density at radius 1 is 0.818 bits per heavy atom. The van der Waals surface area contributed by atoms with Crippen LogP contribution in [0.2, 0.25) is 0 Å². The van der Waals surface area contributed by atoms with Gasteiger partial charge in [0.05, 0.1) is 0 Å². The van der Waals surface area contributed by atoms with Crippen LogP contribution >= 0.6 is 0 Å². The van der Waals surface area contributed by atoms with Gasteiger partial charge in [0.25, 0.3) is 0 Å². The molecular formula is C21H27N. The summed E-state index contributed by atoms with van der Waals surface area (Å²) in [5.74, 6) is 0.645. The first-order chi connectivity index (χ1) is 10.8. The Bertz CT molecular complexity index is 552. The molecule has 0 N–H and O–H groups in total. The lowest BCUT2D eigenvalue weighted by molar-refractivity contribution is 0.222. The molecule has 1 heterocycles. The molecule has 1 heteroatoms. The van der Waals surface area contributed by atoms with Gasteiger partial charge in [-0.2, -0.15) is 0 Å². The highest BCUT2D eigenvalue weighted by Crippen LogP contribution is 2.24. The smallest absolute Gasteiger partial charge is 0.00130 e. The molecule has 0 unspecified atom stereocenters. The summed E-state index contributed by atoms with van der Waals surface area (Å²) in [7, 11) is 0. The van der Waals surface area contributed by atoms with Crippen LogP contribution in [0, 0.1) is 0 Å². The zero-order valence-corrected chi connectivity index (χ0v) is 13.7. The van der Waals surface area contributed by atoms with E-state index in [-0.39, 0.29) is 0 Å². The molecule has 2 aromatic rings. The predicted molar refractivity (Wildman–Crippen MR) is 95.2 cm³/mol. The van der Waals surface area contributed by atoms with E-state index >= 15 is 0 Å². The summed E-state index contributed by atoms with van der Waals surface area (Å²) in [6.07, 6.45) is 5.47. The van der Waals surface area contributed by atoms with Crippen molar-refractivity contribution in [2.45, 2.75) is 38.5 Å². The van der Waals surface area contributed by atoms with Gasteiger partial charge in [-0.25, -0.2) is 0 Å². The van der Waals surface area contributed by atoms with Crippen LogP contribution in [0.4, 0.5) is 0 Å². The second kappa shape index (κ2) is 7.60. The van der Waals surface area contributed by atoms with Gasteiger partial charge >= 0.3 is 0 Å². The molecule has 116 valence electrons. The van der Waals surface area contributed by atoms with Gasteiger partial charge in [0, 0.05) is 0 Å². The zero-order valence-electron chi connectivity index (χ0n) is 13.7. The lowest BCUT2D eigenvalue weighted by atomic mass is 9.95. The van der Waals surface area contributed by atoms with Gasteiger partial charge in [0.1, 0.15) is 0 Å². The average Bonchev–Trinajstić information content (AvgIpc) is 2.61. The molecule has 1 fully saturated rings.